The normalized spacial score (nSPS) is 15.0. The molecule has 15 heteroatoms. The number of piperazine rings is 1. The van der Waals surface area contributed by atoms with E-state index in [1.165, 1.54) is 12.0 Å². The lowest BCUT2D eigenvalue weighted by molar-refractivity contribution is -0.159. The first-order valence-electron chi connectivity index (χ1n) is 11.3. The summed E-state index contributed by atoms with van der Waals surface area (Å²) in [5.74, 6) is -7.69. The second-order valence-corrected chi connectivity index (χ2v) is 8.99. The molecular weight excluding hydrogens is 514 g/mol. The van der Waals surface area contributed by atoms with Gasteiger partial charge in [0.2, 0.25) is 5.91 Å². The highest BCUT2D eigenvalue weighted by Gasteiger charge is 2.27. The van der Waals surface area contributed by atoms with Crippen molar-refractivity contribution in [3.05, 3.63) is 16.0 Å². The molecule has 2 heterocycles. The number of esters is 1. The molecule has 1 aliphatic heterocycles. The molecule has 1 aliphatic carbocycles. The molecule has 2 aliphatic rings. The number of methoxy groups -OCH3 is 1. The number of nitrogens with one attached hydrogen (secondary N) is 1. The Hall–Kier alpha value is -3.56. The Labute approximate surface area is 216 Å². The van der Waals surface area contributed by atoms with Crippen LogP contribution >= 0.6 is 11.3 Å². The van der Waals surface area contributed by atoms with Crippen LogP contribution in [0.4, 0.5) is 5.00 Å². The van der Waals surface area contributed by atoms with E-state index in [0.717, 1.165) is 64.0 Å². The highest BCUT2D eigenvalue weighted by atomic mass is 32.1. The van der Waals surface area contributed by atoms with Gasteiger partial charge in [0.1, 0.15) is 5.00 Å². The standard InChI is InChI=1S/C18H27N3O3S.2C2H2O4/c1-3-20-8-10-21(11-9-20)12-15(22)19-17-16(18(23)24-2)13-6-4-5-7-14(13)25-17;2*3-1(4)2(5)6/h3-12H2,1-2H3,(H,19,22);2*(H,3,4)(H,5,6). The number of carbonyl (C=O) groups is 6. The van der Waals surface area contributed by atoms with Crippen LogP contribution in [-0.2, 0) is 41.6 Å². The Morgan fingerprint density at radius 3 is 1.78 bits per heavy atom. The van der Waals surface area contributed by atoms with Crippen LogP contribution in [0.3, 0.4) is 0 Å². The van der Waals surface area contributed by atoms with Crippen molar-refractivity contribution >= 4 is 52.1 Å². The monoisotopic (exact) mass is 545 g/mol. The van der Waals surface area contributed by atoms with Gasteiger partial charge in [0.15, 0.2) is 0 Å². The molecule has 0 radical (unpaired) electrons. The minimum Gasteiger partial charge on any atom is -0.473 e. The molecule has 0 bridgehead atoms. The lowest BCUT2D eigenvalue weighted by atomic mass is 9.95. The fourth-order valence-corrected chi connectivity index (χ4v) is 4.90. The molecule has 0 spiro atoms. The molecule has 1 amide bonds. The summed E-state index contributed by atoms with van der Waals surface area (Å²) in [7, 11) is 1.40. The molecule has 206 valence electrons. The minimum atomic E-state index is -1.82. The van der Waals surface area contributed by atoms with E-state index in [1.54, 1.807) is 11.3 Å². The molecule has 0 saturated carbocycles. The Bertz CT molecular complexity index is 952. The fraction of sp³-hybridized carbons (Fsp3) is 0.545. The number of rotatable bonds is 5. The fourth-order valence-electron chi connectivity index (χ4n) is 3.60. The van der Waals surface area contributed by atoms with Gasteiger partial charge in [-0.15, -0.1) is 11.3 Å². The third-order valence-corrected chi connectivity index (χ3v) is 6.67. The summed E-state index contributed by atoms with van der Waals surface area (Å²) < 4.78 is 4.96. The van der Waals surface area contributed by atoms with Gasteiger partial charge in [0.25, 0.3) is 0 Å². The first-order chi connectivity index (χ1) is 17.4. The molecule has 37 heavy (non-hydrogen) atoms. The minimum absolute atomic E-state index is 0.0475. The van der Waals surface area contributed by atoms with E-state index in [2.05, 4.69) is 22.0 Å². The van der Waals surface area contributed by atoms with Gasteiger partial charge in [0.05, 0.1) is 19.2 Å². The molecule has 0 atom stereocenters. The van der Waals surface area contributed by atoms with Crippen LogP contribution in [0.2, 0.25) is 0 Å². The van der Waals surface area contributed by atoms with Crippen LogP contribution in [-0.4, -0.2) is 112 Å². The maximum Gasteiger partial charge on any atom is 0.414 e. The average molecular weight is 546 g/mol. The zero-order chi connectivity index (χ0) is 28.1. The van der Waals surface area contributed by atoms with Gasteiger partial charge in [-0.2, -0.15) is 0 Å². The maximum absolute atomic E-state index is 12.5. The Balaban J connectivity index is 0.000000476. The van der Waals surface area contributed by atoms with Crippen molar-refractivity contribution in [3.63, 3.8) is 0 Å². The Morgan fingerprint density at radius 2 is 1.32 bits per heavy atom. The van der Waals surface area contributed by atoms with Gasteiger partial charge in [-0.3, -0.25) is 9.69 Å². The molecule has 14 nitrogen and oxygen atoms in total. The van der Waals surface area contributed by atoms with E-state index in [0.29, 0.717) is 17.1 Å². The molecule has 3 rings (SSSR count). The Morgan fingerprint density at radius 1 is 0.838 bits per heavy atom. The van der Waals surface area contributed by atoms with Crippen LogP contribution < -0.4 is 5.32 Å². The summed E-state index contributed by atoms with van der Waals surface area (Å²) in [6.45, 7) is 7.42. The predicted octanol–water partition coefficient (Wildman–Crippen LogP) is 0.301. The van der Waals surface area contributed by atoms with Crippen molar-refractivity contribution < 1.29 is 53.9 Å². The summed E-state index contributed by atoms with van der Waals surface area (Å²) in [5.41, 5.74) is 1.65. The zero-order valence-electron chi connectivity index (χ0n) is 20.5. The van der Waals surface area contributed by atoms with Crippen LogP contribution in [0, 0.1) is 0 Å². The van der Waals surface area contributed by atoms with Gasteiger partial charge >= 0.3 is 29.8 Å². The highest BCUT2D eigenvalue weighted by Crippen LogP contribution is 2.38. The van der Waals surface area contributed by atoms with Gasteiger partial charge in [-0.25, -0.2) is 24.0 Å². The number of hydrogen-bond donors (Lipinski definition) is 5. The molecule has 1 aromatic heterocycles. The number of fused-ring (bicyclic) bond motifs is 1. The molecule has 5 N–H and O–H groups in total. The van der Waals surface area contributed by atoms with E-state index < -0.39 is 23.9 Å². The van der Waals surface area contributed by atoms with Crippen molar-refractivity contribution in [1.29, 1.82) is 0 Å². The molecule has 1 aromatic rings. The number of carbonyl (C=O) groups excluding carboxylic acids is 2. The van der Waals surface area contributed by atoms with Crippen LogP contribution in [0.15, 0.2) is 0 Å². The smallest absolute Gasteiger partial charge is 0.414 e. The van der Waals surface area contributed by atoms with Crippen molar-refractivity contribution in [2.24, 2.45) is 0 Å². The van der Waals surface area contributed by atoms with Gasteiger partial charge < -0.3 is 35.4 Å². The SMILES string of the molecule is CCN1CCN(CC(=O)Nc2sc3c(c2C(=O)OC)CCCC3)CC1.O=C(O)C(=O)O.O=C(O)C(=O)O. The van der Waals surface area contributed by atoms with Gasteiger partial charge in [-0.1, -0.05) is 6.92 Å². The van der Waals surface area contributed by atoms with Crippen molar-refractivity contribution in [1.82, 2.24) is 9.80 Å². The van der Waals surface area contributed by atoms with Gasteiger partial charge in [-0.05, 0) is 37.8 Å². The summed E-state index contributed by atoms with van der Waals surface area (Å²) in [4.78, 5) is 66.9. The maximum atomic E-state index is 12.5. The van der Waals surface area contributed by atoms with E-state index in [4.69, 9.17) is 44.3 Å². The van der Waals surface area contributed by atoms with Crippen LogP contribution in [0.5, 0.6) is 0 Å². The molecule has 0 unspecified atom stereocenters. The van der Waals surface area contributed by atoms with Crippen LogP contribution in [0.25, 0.3) is 0 Å². The highest BCUT2D eigenvalue weighted by molar-refractivity contribution is 7.17. The average Bonchev–Trinajstić information content (AvgIpc) is 3.22. The number of nitrogens with zero attached hydrogens (tertiary/aromatic N) is 2. The number of amides is 1. The largest absolute Gasteiger partial charge is 0.473 e. The number of anilines is 1. The predicted molar refractivity (Wildman–Crippen MR) is 130 cm³/mol. The summed E-state index contributed by atoms with van der Waals surface area (Å²) >= 11 is 1.54. The topological polar surface area (TPSA) is 211 Å². The van der Waals surface area contributed by atoms with Crippen molar-refractivity contribution in [2.45, 2.75) is 32.6 Å². The second-order valence-electron chi connectivity index (χ2n) is 7.89. The Kier molecular flexibility index (Phi) is 13.2. The number of ether oxygens (including phenoxy) is 1. The first kappa shape index (κ1) is 31.5. The van der Waals surface area contributed by atoms with E-state index in [-0.39, 0.29) is 11.9 Å². The molecular formula is C22H31N3O11S. The number of hydrogen-bond acceptors (Lipinski definition) is 10. The number of carboxylic acid groups (broad SMARTS) is 4. The van der Waals surface area contributed by atoms with E-state index >= 15 is 0 Å². The van der Waals surface area contributed by atoms with Crippen LogP contribution in [0.1, 0.15) is 40.6 Å². The van der Waals surface area contributed by atoms with Crippen molar-refractivity contribution in [3.8, 4) is 0 Å². The summed E-state index contributed by atoms with van der Waals surface area (Å²) in [6, 6.07) is 0. The molecule has 1 fully saturated rings. The number of aliphatic carboxylic acids is 4. The molecule has 1 saturated heterocycles. The number of aryl methyl sites for hydroxylation is 1. The van der Waals surface area contributed by atoms with E-state index in [1.807, 2.05) is 0 Å². The second kappa shape index (κ2) is 15.5. The third-order valence-electron chi connectivity index (χ3n) is 5.46. The quantitative estimate of drug-likeness (QED) is 0.249. The van der Waals surface area contributed by atoms with Gasteiger partial charge in [0, 0.05) is 31.1 Å². The zero-order valence-corrected chi connectivity index (χ0v) is 21.3. The van der Waals surface area contributed by atoms with Crippen molar-refractivity contribution in [2.75, 3.05) is 51.7 Å². The third kappa shape index (κ3) is 10.5. The first-order valence-corrected chi connectivity index (χ1v) is 12.1. The number of carboxylic acids is 4. The summed E-state index contributed by atoms with van der Waals surface area (Å²) in [6.07, 6.45) is 4.11. The lowest BCUT2D eigenvalue weighted by Crippen LogP contribution is -2.48. The molecule has 0 aromatic carbocycles. The number of thiophene rings is 1. The lowest BCUT2D eigenvalue weighted by Gasteiger charge is -2.33. The van der Waals surface area contributed by atoms with E-state index in [9.17, 15) is 9.59 Å². The summed E-state index contributed by atoms with van der Waals surface area (Å²) in [5, 5.41) is 33.2. The number of likely N-dealkylation sites (N-methyl/N-ethyl adjacent to an activating group) is 1.